The van der Waals surface area contributed by atoms with Crippen molar-refractivity contribution in [1.29, 1.82) is 0 Å². The highest BCUT2D eigenvalue weighted by atomic mass is 16.6. The van der Waals surface area contributed by atoms with Gasteiger partial charge in [-0.15, -0.1) is 0 Å². The van der Waals surface area contributed by atoms with Crippen LogP contribution in [0.1, 0.15) is 43.7 Å². The minimum atomic E-state index is -0.670. The number of nitrogens with two attached hydrogens (primary N) is 1. The second-order valence-electron chi connectivity index (χ2n) is 7.14. The van der Waals surface area contributed by atoms with Crippen molar-refractivity contribution in [1.82, 2.24) is 9.88 Å². The third kappa shape index (κ3) is 6.20. The molecule has 1 fully saturated rings. The highest BCUT2D eigenvalue weighted by Gasteiger charge is 2.22. The van der Waals surface area contributed by atoms with Gasteiger partial charge >= 0.3 is 0 Å². The van der Waals surface area contributed by atoms with Gasteiger partial charge in [0.05, 0.1) is 0 Å². The second-order valence-corrected chi connectivity index (χ2v) is 7.14. The number of oxime groups is 1. The van der Waals surface area contributed by atoms with Gasteiger partial charge in [-0.3, -0.25) is 9.78 Å². The Balaban J connectivity index is 1.56. The molecule has 0 bridgehead atoms. The molecule has 1 aliphatic rings. The molecule has 1 atom stereocenters. The molecule has 2 aromatic rings. The lowest BCUT2D eigenvalue weighted by Gasteiger charge is -2.22. The lowest BCUT2D eigenvalue weighted by atomic mass is 10.2. The number of carbonyl (C=O) groups is 1. The van der Waals surface area contributed by atoms with E-state index in [-0.39, 0.29) is 11.7 Å². The Morgan fingerprint density at radius 2 is 2.00 bits per heavy atom. The number of rotatable bonds is 7. The molecule has 3 rings (SSSR count). The number of amidine groups is 1. The van der Waals surface area contributed by atoms with E-state index in [1.807, 2.05) is 35.2 Å². The van der Waals surface area contributed by atoms with E-state index in [2.05, 4.69) is 10.1 Å². The maximum Gasteiger partial charge on any atom is 0.266 e. The Morgan fingerprint density at radius 1 is 1.21 bits per heavy atom. The van der Waals surface area contributed by atoms with Crippen LogP contribution in [0.4, 0.5) is 0 Å². The average molecular weight is 396 g/mol. The zero-order valence-corrected chi connectivity index (χ0v) is 16.8. The van der Waals surface area contributed by atoms with E-state index in [1.165, 1.54) is 12.8 Å². The summed E-state index contributed by atoms with van der Waals surface area (Å²) >= 11 is 0. The van der Waals surface area contributed by atoms with Gasteiger partial charge in [-0.25, -0.2) is 0 Å². The molecule has 154 valence electrons. The summed E-state index contributed by atoms with van der Waals surface area (Å²) in [5.41, 5.74) is 7.70. The Kier molecular flexibility index (Phi) is 7.44. The van der Waals surface area contributed by atoms with Crippen molar-refractivity contribution < 1.29 is 14.4 Å². The van der Waals surface area contributed by atoms with Gasteiger partial charge < -0.3 is 20.2 Å². The number of ether oxygens (including phenoxy) is 1. The van der Waals surface area contributed by atoms with Crippen molar-refractivity contribution in [3.63, 3.8) is 0 Å². The number of pyridine rings is 1. The number of likely N-dealkylation sites (tertiary alicyclic amines) is 1. The summed E-state index contributed by atoms with van der Waals surface area (Å²) in [4.78, 5) is 23.9. The first-order chi connectivity index (χ1) is 14.1. The Labute approximate surface area is 171 Å². The molecule has 1 aromatic heterocycles. The van der Waals surface area contributed by atoms with Crippen LogP contribution < -0.4 is 10.5 Å². The van der Waals surface area contributed by atoms with Gasteiger partial charge in [-0.1, -0.05) is 36.2 Å². The number of amides is 1. The molecule has 29 heavy (non-hydrogen) atoms. The van der Waals surface area contributed by atoms with E-state index < -0.39 is 6.10 Å². The molecule has 0 spiro atoms. The molecule has 0 saturated carbocycles. The number of hydrogen-bond donors (Lipinski definition) is 1. The minimum absolute atomic E-state index is 0.0444. The minimum Gasteiger partial charge on any atom is -0.489 e. The molecule has 1 unspecified atom stereocenters. The van der Waals surface area contributed by atoms with Crippen LogP contribution in [0.3, 0.4) is 0 Å². The topological polar surface area (TPSA) is 90.0 Å². The van der Waals surface area contributed by atoms with E-state index in [0.29, 0.717) is 17.9 Å². The standard InChI is InChI=1S/C22H28N4O3/c1-17(22(27)26-12-4-2-3-5-13-26)29-25-21(23)19-9-6-10-20(14-19)28-16-18-8-7-11-24-15-18/h6-11,14-15,17H,2-5,12-13,16H2,1H3,(H2,23,25). The molecular formula is C22H28N4O3. The summed E-state index contributed by atoms with van der Waals surface area (Å²) in [6.45, 7) is 3.67. The zero-order chi connectivity index (χ0) is 20.5. The molecule has 7 nitrogen and oxygen atoms in total. The summed E-state index contributed by atoms with van der Waals surface area (Å²) in [7, 11) is 0. The predicted octanol–water partition coefficient (Wildman–Crippen LogP) is 3.09. The Bertz CT molecular complexity index is 818. The second kappa shape index (κ2) is 10.5. The number of benzene rings is 1. The molecule has 1 aromatic carbocycles. The molecule has 1 saturated heterocycles. The number of hydrogen-bond acceptors (Lipinski definition) is 5. The molecule has 1 amide bonds. The predicted molar refractivity (Wildman–Crippen MR) is 111 cm³/mol. The van der Waals surface area contributed by atoms with E-state index in [4.69, 9.17) is 15.3 Å². The first-order valence-corrected chi connectivity index (χ1v) is 10.0. The van der Waals surface area contributed by atoms with Crippen molar-refractivity contribution in [3.8, 4) is 5.75 Å². The van der Waals surface area contributed by atoms with Crippen LogP contribution in [-0.2, 0) is 16.2 Å². The normalized spacial score (nSPS) is 16.0. The van der Waals surface area contributed by atoms with E-state index in [0.717, 1.165) is 31.5 Å². The van der Waals surface area contributed by atoms with Crippen molar-refractivity contribution in [2.24, 2.45) is 10.9 Å². The van der Waals surface area contributed by atoms with E-state index >= 15 is 0 Å². The van der Waals surface area contributed by atoms with Crippen molar-refractivity contribution >= 4 is 11.7 Å². The summed E-state index contributed by atoms with van der Waals surface area (Å²) in [5, 5.41) is 3.97. The fourth-order valence-electron chi connectivity index (χ4n) is 3.18. The number of carbonyl (C=O) groups excluding carboxylic acids is 1. The van der Waals surface area contributed by atoms with E-state index in [1.54, 1.807) is 25.4 Å². The van der Waals surface area contributed by atoms with Crippen LogP contribution in [0.5, 0.6) is 5.75 Å². The smallest absolute Gasteiger partial charge is 0.266 e. The molecule has 0 aliphatic carbocycles. The fourth-order valence-corrected chi connectivity index (χ4v) is 3.18. The lowest BCUT2D eigenvalue weighted by molar-refractivity contribution is -0.142. The summed E-state index contributed by atoms with van der Waals surface area (Å²) < 4.78 is 5.79. The van der Waals surface area contributed by atoms with Crippen LogP contribution in [0.15, 0.2) is 53.9 Å². The quantitative estimate of drug-likeness (QED) is 0.441. The van der Waals surface area contributed by atoms with Gasteiger partial charge in [0.15, 0.2) is 5.84 Å². The highest BCUT2D eigenvalue weighted by molar-refractivity contribution is 5.97. The molecular weight excluding hydrogens is 368 g/mol. The van der Waals surface area contributed by atoms with Crippen LogP contribution in [0.2, 0.25) is 0 Å². The number of aromatic nitrogens is 1. The van der Waals surface area contributed by atoms with Gasteiger partial charge in [0.1, 0.15) is 12.4 Å². The highest BCUT2D eigenvalue weighted by Crippen LogP contribution is 2.16. The first kappa shape index (κ1) is 20.6. The third-order valence-corrected chi connectivity index (χ3v) is 4.83. The van der Waals surface area contributed by atoms with Gasteiger partial charge in [-0.05, 0) is 38.0 Å². The van der Waals surface area contributed by atoms with Crippen molar-refractivity contribution in [3.05, 3.63) is 59.9 Å². The summed E-state index contributed by atoms with van der Waals surface area (Å²) in [6.07, 6.45) is 7.23. The monoisotopic (exact) mass is 396 g/mol. The Morgan fingerprint density at radius 3 is 2.72 bits per heavy atom. The average Bonchev–Trinajstić information content (AvgIpc) is 3.06. The molecule has 7 heteroatoms. The maximum atomic E-state index is 12.5. The van der Waals surface area contributed by atoms with Gasteiger partial charge in [0.25, 0.3) is 5.91 Å². The fraction of sp³-hybridized carbons (Fsp3) is 0.409. The van der Waals surface area contributed by atoms with Crippen LogP contribution in [0.25, 0.3) is 0 Å². The van der Waals surface area contributed by atoms with Crippen molar-refractivity contribution in [2.45, 2.75) is 45.3 Å². The lowest BCUT2D eigenvalue weighted by Crippen LogP contribution is -2.39. The first-order valence-electron chi connectivity index (χ1n) is 10.0. The zero-order valence-electron chi connectivity index (χ0n) is 16.8. The summed E-state index contributed by atoms with van der Waals surface area (Å²) in [5.74, 6) is 0.822. The number of nitrogens with zero attached hydrogens (tertiary/aromatic N) is 3. The molecule has 1 aliphatic heterocycles. The van der Waals surface area contributed by atoms with Crippen LogP contribution in [0, 0.1) is 0 Å². The Hall–Kier alpha value is -3.09. The third-order valence-electron chi connectivity index (χ3n) is 4.83. The van der Waals surface area contributed by atoms with Gasteiger partial charge in [-0.2, -0.15) is 0 Å². The molecule has 0 radical (unpaired) electrons. The SMILES string of the molecule is CC(O/N=C(/N)c1cccc(OCc2cccnc2)c1)C(=O)N1CCCCCC1. The molecule has 2 N–H and O–H groups in total. The maximum absolute atomic E-state index is 12.5. The van der Waals surface area contributed by atoms with Crippen LogP contribution >= 0.6 is 0 Å². The molecule has 2 heterocycles. The summed E-state index contributed by atoms with van der Waals surface area (Å²) in [6, 6.07) is 11.1. The van der Waals surface area contributed by atoms with Crippen molar-refractivity contribution in [2.75, 3.05) is 13.1 Å². The van der Waals surface area contributed by atoms with Gasteiger partial charge in [0.2, 0.25) is 6.10 Å². The van der Waals surface area contributed by atoms with Gasteiger partial charge in [0, 0.05) is 36.6 Å². The van der Waals surface area contributed by atoms with Crippen LogP contribution in [-0.4, -0.2) is 40.8 Å². The largest absolute Gasteiger partial charge is 0.489 e. The van der Waals surface area contributed by atoms with E-state index in [9.17, 15) is 4.79 Å².